The Kier molecular flexibility index (Phi) is 4.89. The van der Waals surface area contributed by atoms with Gasteiger partial charge in [0.1, 0.15) is 0 Å². The molecule has 5 nitrogen and oxygen atoms in total. The van der Waals surface area contributed by atoms with Crippen LogP contribution in [0.25, 0.3) is 0 Å². The van der Waals surface area contributed by atoms with Crippen LogP contribution in [-0.4, -0.2) is 39.3 Å². The number of likely N-dealkylation sites (N-methyl/N-ethyl adjacent to an activating group) is 1. The van der Waals surface area contributed by atoms with Gasteiger partial charge in [-0.25, -0.2) is 13.1 Å². The third-order valence-electron chi connectivity index (χ3n) is 2.35. The molecule has 1 heterocycles. The van der Waals surface area contributed by atoms with E-state index in [1.165, 1.54) is 0 Å². The average molecular weight is 257 g/mol. The number of hydrogen-bond acceptors (Lipinski definition) is 4. The second-order valence-corrected chi connectivity index (χ2v) is 5.80. The molecule has 0 spiro atoms. The molecule has 0 aromatic carbocycles. The molecule has 6 heteroatoms. The molecule has 0 atom stereocenters. The lowest BCUT2D eigenvalue weighted by atomic mass is 10.2. The summed E-state index contributed by atoms with van der Waals surface area (Å²) >= 11 is 0. The van der Waals surface area contributed by atoms with E-state index >= 15 is 0 Å². The summed E-state index contributed by atoms with van der Waals surface area (Å²) in [6.45, 7) is 5.87. The Morgan fingerprint density at radius 3 is 2.65 bits per heavy atom. The van der Waals surface area contributed by atoms with Gasteiger partial charge in [0, 0.05) is 25.8 Å². The van der Waals surface area contributed by atoms with Gasteiger partial charge in [-0.2, -0.15) is 0 Å². The third kappa shape index (κ3) is 5.14. The van der Waals surface area contributed by atoms with Gasteiger partial charge in [0.25, 0.3) is 0 Å². The van der Waals surface area contributed by atoms with Crippen LogP contribution >= 0.6 is 0 Å². The number of aryl methyl sites for hydroxylation is 1. The van der Waals surface area contributed by atoms with E-state index in [1.807, 2.05) is 19.9 Å². The number of hydrogen-bond donors (Lipinski definition) is 1. The molecule has 1 aromatic heterocycles. The van der Waals surface area contributed by atoms with Gasteiger partial charge < -0.3 is 4.90 Å². The molecule has 17 heavy (non-hydrogen) atoms. The smallest absolute Gasteiger partial charge is 0.208 e. The first kappa shape index (κ1) is 13.9. The van der Waals surface area contributed by atoms with Crippen molar-refractivity contribution in [3.8, 4) is 0 Å². The SMILES string of the molecule is CCN(CCNS(C)(=O)=O)c1cncc(C)c1. The highest BCUT2D eigenvalue weighted by atomic mass is 32.2. The van der Waals surface area contributed by atoms with Crippen LogP contribution < -0.4 is 9.62 Å². The first-order valence-electron chi connectivity index (χ1n) is 5.53. The molecule has 96 valence electrons. The number of anilines is 1. The Morgan fingerprint density at radius 1 is 1.41 bits per heavy atom. The molecule has 0 saturated carbocycles. The fourth-order valence-electron chi connectivity index (χ4n) is 1.55. The molecule has 0 radical (unpaired) electrons. The Hall–Kier alpha value is -1.14. The van der Waals surface area contributed by atoms with Gasteiger partial charge in [-0.05, 0) is 25.5 Å². The third-order valence-corrected chi connectivity index (χ3v) is 3.08. The summed E-state index contributed by atoms with van der Waals surface area (Å²) in [5.74, 6) is 0. The van der Waals surface area contributed by atoms with Crippen molar-refractivity contribution < 1.29 is 8.42 Å². The Morgan fingerprint density at radius 2 is 2.12 bits per heavy atom. The summed E-state index contributed by atoms with van der Waals surface area (Å²) in [6.07, 6.45) is 4.75. The monoisotopic (exact) mass is 257 g/mol. The summed E-state index contributed by atoms with van der Waals surface area (Å²) in [5.41, 5.74) is 2.11. The topological polar surface area (TPSA) is 62.3 Å². The second-order valence-electron chi connectivity index (χ2n) is 3.97. The zero-order valence-electron chi connectivity index (χ0n) is 10.5. The number of sulfonamides is 1. The lowest BCUT2D eigenvalue weighted by molar-refractivity contribution is 0.587. The van der Waals surface area contributed by atoms with Gasteiger partial charge >= 0.3 is 0 Å². The molecule has 1 N–H and O–H groups in total. The van der Waals surface area contributed by atoms with E-state index in [4.69, 9.17) is 0 Å². The van der Waals surface area contributed by atoms with Gasteiger partial charge in [0.05, 0.1) is 18.1 Å². The van der Waals surface area contributed by atoms with Crippen molar-refractivity contribution in [2.45, 2.75) is 13.8 Å². The first-order chi connectivity index (χ1) is 7.92. The van der Waals surface area contributed by atoms with Crippen LogP contribution in [0.2, 0.25) is 0 Å². The molecule has 0 aliphatic heterocycles. The first-order valence-corrected chi connectivity index (χ1v) is 7.42. The molecule has 0 amide bonds. The fourth-order valence-corrected chi connectivity index (χ4v) is 2.01. The largest absolute Gasteiger partial charge is 0.369 e. The van der Waals surface area contributed by atoms with Crippen molar-refractivity contribution in [2.24, 2.45) is 0 Å². The second kappa shape index (κ2) is 5.97. The van der Waals surface area contributed by atoms with Crippen molar-refractivity contribution in [2.75, 3.05) is 30.8 Å². The zero-order valence-corrected chi connectivity index (χ0v) is 11.3. The Labute approximate surface area is 103 Å². The molecule has 1 rings (SSSR count). The van der Waals surface area contributed by atoms with E-state index in [9.17, 15) is 8.42 Å². The normalized spacial score (nSPS) is 11.5. The maximum atomic E-state index is 10.9. The van der Waals surface area contributed by atoms with Gasteiger partial charge in [-0.15, -0.1) is 0 Å². The van der Waals surface area contributed by atoms with E-state index < -0.39 is 10.0 Å². The van der Waals surface area contributed by atoms with Crippen molar-refractivity contribution >= 4 is 15.7 Å². The van der Waals surface area contributed by atoms with Crippen LogP contribution in [0.3, 0.4) is 0 Å². The van der Waals surface area contributed by atoms with Crippen LogP contribution in [0.5, 0.6) is 0 Å². The van der Waals surface area contributed by atoms with Gasteiger partial charge in [0.2, 0.25) is 10.0 Å². The Bertz CT molecular complexity index is 460. The van der Waals surface area contributed by atoms with Crippen LogP contribution in [0.4, 0.5) is 5.69 Å². The molecule has 0 fully saturated rings. The number of rotatable bonds is 6. The molecular formula is C11H19N3O2S. The lowest BCUT2D eigenvalue weighted by Crippen LogP contribution is -2.34. The van der Waals surface area contributed by atoms with Crippen molar-refractivity contribution in [1.29, 1.82) is 0 Å². The maximum absolute atomic E-state index is 10.9. The van der Waals surface area contributed by atoms with E-state index in [-0.39, 0.29) is 0 Å². The van der Waals surface area contributed by atoms with Crippen LogP contribution in [0, 0.1) is 6.92 Å². The molecule has 0 aliphatic rings. The molecule has 0 bridgehead atoms. The number of aromatic nitrogens is 1. The van der Waals surface area contributed by atoms with Crippen molar-refractivity contribution in [3.05, 3.63) is 24.0 Å². The minimum atomic E-state index is -3.11. The van der Waals surface area contributed by atoms with E-state index in [0.717, 1.165) is 24.1 Å². The highest BCUT2D eigenvalue weighted by Crippen LogP contribution is 2.13. The minimum absolute atomic E-state index is 0.403. The predicted octanol–water partition coefficient (Wildman–Crippen LogP) is 0.766. The summed E-state index contributed by atoms with van der Waals surface area (Å²) in [5, 5.41) is 0. The molecule has 1 aromatic rings. The fraction of sp³-hybridized carbons (Fsp3) is 0.545. The van der Waals surface area contributed by atoms with E-state index in [0.29, 0.717) is 13.1 Å². The van der Waals surface area contributed by atoms with Gasteiger partial charge in [-0.3, -0.25) is 4.98 Å². The predicted molar refractivity (Wildman–Crippen MR) is 69.7 cm³/mol. The number of pyridine rings is 1. The van der Waals surface area contributed by atoms with Gasteiger partial charge in [0.15, 0.2) is 0 Å². The van der Waals surface area contributed by atoms with E-state index in [1.54, 1.807) is 12.4 Å². The molecule has 0 saturated heterocycles. The summed E-state index contributed by atoms with van der Waals surface area (Å²) in [6, 6.07) is 2.04. The zero-order chi connectivity index (χ0) is 12.9. The van der Waals surface area contributed by atoms with Gasteiger partial charge in [-0.1, -0.05) is 0 Å². The maximum Gasteiger partial charge on any atom is 0.208 e. The van der Waals surface area contributed by atoms with Crippen LogP contribution in [0.1, 0.15) is 12.5 Å². The summed E-state index contributed by atoms with van der Waals surface area (Å²) in [7, 11) is -3.11. The molecule has 0 aliphatic carbocycles. The summed E-state index contributed by atoms with van der Waals surface area (Å²) in [4.78, 5) is 6.21. The number of nitrogens with one attached hydrogen (secondary N) is 1. The molecular weight excluding hydrogens is 238 g/mol. The highest BCUT2D eigenvalue weighted by Gasteiger charge is 2.06. The minimum Gasteiger partial charge on any atom is -0.369 e. The molecule has 0 unspecified atom stereocenters. The van der Waals surface area contributed by atoms with Crippen molar-refractivity contribution in [3.63, 3.8) is 0 Å². The average Bonchev–Trinajstić information content (AvgIpc) is 2.23. The van der Waals surface area contributed by atoms with E-state index in [2.05, 4.69) is 14.6 Å². The highest BCUT2D eigenvalue weighted by molar-refractivity contribution is 7.88. The van der Waals surface area contributed by atoms with Crippen LogP contribution in [0.15, 0.2) is 18.5 Å². The lowest BCUT2D eigenvalue weighted by Gasteiger charge is -2.22. The van der Waals surface area contributed by atoms with Crippen LogP contribution in [-0.2, 0) is 10.0 Å². The summed E-state index contributed by atoms with van der Waals surface area (Å²) < 4.78 is 24.4. The standard InChI is InChI=1S/C11H19N3O2S/c1-4-14(6-5-13-17(3,15)16)11-7-10(2)8-12-9-11/h7-9,13H,4-6H2,1-3H3. The van der Waals surface area contributed by atoms with Crippen molar-refractivity contribution in [1.82, 2.24) is 9.71 Å². The Balaban J connectivity index is 2.60. The number of nitrogens with zero attached hydrogens (tertiary/aromatic N) is 2. The quantitative estimate of drug-likeness (QED) is 0.817.